The quantitative estimate of drug-likeness (QED) is 0.634. The molecule has 0 bridgehead atoms. The van der Waals surface area contributed by atoms with E-state index in [0.717, 1.165) is 42.5 Å². The third-order valence-electron chi connectivity index (χ3n) is 5.66. The average molecular weight is 362 g/mol. The lowest BCUT2D eigenvalue weighted by atomic mass is 9.81. The van der Waals surface area contributed by atoms with Gasteiger partial charge in [0.15, 0.2) is 0 Å². The lowest BCUT2D eigenvalue weighted by molar-refractivity contribution is 0.0601. The number of nitrogens with one attached hydrogen (secondary N) is 1. The minimum atomic E-state index is -0.299. The van der Waals surface area contributed by atoms with Crippen LogP contribution < -0.4 is 4.74 Å². The molecule has 0 amide bonds. The number of carbonyl (C=O) groups is 1. The molecule has 1 aromatic heterocycles. The molecule has 4 nitrogen and oxygen atoms in total. The van der Waals surface area contributed by atoms with Gasteiger partial charge in [-0.2, -0.15) is 0 Å². The fraction of sp³-hybridized carbons (Fsp3) is 0.348. The third kappa shape index (κ3) is 3.32. The summed E-state index contributed by atoms with van der Waals surface area (Å²) in [7, 11) is 1.42. The molecule has 27 heavy (non-hydrogen) atoms. The molecule has 0 saturated carbocycles. The van der Waals surface area contributed by atoms with Gasteiger partial charge in [-0.15, -0.1) is 0 Å². The van der Waals surface area contributed by atoms with Gasteiger partial charge in [0, 0.05) is 17.1 Å². The molecule has 1 aliphatic heterocycles. The second-order valence-electron chi connectivity index (χ2n) is 7.13. The van der Waals surface area contributed by atoms with E-state index in [1.807, 2.05) is 24.3 Å². The Bertz CT molecular complexity index is 959. The summed E-state index contributed by atoms with van der Waals surface area (Å²) < 4.78 is 10.7. The molecule has 1 N–H and O–H groups in total. The monoisotopic (exact) mass is 362 g/mol. The van der Waals surface area contributed by atoms with Crippen LogP contribution in [-0.2, 0) is 4.74 Å². The molecule has 0 fully saturated rings. The molecule has 2 aromatic carbocycles. The smallest absolute Gasteiger partial charge is 0.337 e. The Hall–Kier alpha value is -2.75. The summed E-state index contributed by atoms with van der Waals surface area (Å²) in [5, 5.41) is 1.11. The van der Waals surface area contributed by atoms with Gasteiger partial charge in [-0.1, -0.05) is 19.1 Å². The van der Waals surface area contributed by atoms with Gasteiger partial charge < -0.3 is 14.5 Å². The summed E-state index contributed by atoms with van der Waals surface area (Å²) in [4.78, 5) is 15.3. The minimum Gasteiger partial charge on any atom is -0.493 e. The highest BCUT2D eigenvalue weighted by Gasteiger charge is 2.26. The first-order chi connectivity index (χ1) is 13.2. The Morgan fingerprint density at radius 1 is 1.41 bits per heavy atom. The summed E-state index contributed by atoms with van der Waals surface area (Å²) in [5.74, 6) is 1.55. The lowest BCUT2D eigenvalue weighted by Gasteiger charge is -2.28. The van der Waals surface area contributed by atoms with Gasteiger partial charge in [-0.3, -0.25) is 0 Å². The zero-order chi connectivity index (χ0) is 18.8. The van der Waals surface area contributed by atoms with Crippen molar-refractivity contribution < 1.29 is 14.3 Å². The third-order valence-corrected chi connectivity index (χ3v) is 5.66. The van der Waals surface area contributed by atoms with Gasteiger partial charge in [-0.25, -0.2) is 4.79 Å². The van der Waals surface area contributed by atoms with Gasteiger partial charge in [0.1, 0.15) is 5.75 Å². The summed E-state index contributed by atoms with van der Waals surface area (Å²) in [6, 6.07) is 14.9. The maximum absolute atomic E-state index is 11.9. The number of rotatable bonds is 5. The van der Waals surface area contributed by atoms with Crippen LogP contribution in [0.3, 0.4) is 0 Å². The first-order valence-corrected chi connectivity index (χ1v) is 9.53. The zero-order valence-corrected chi connectivity index (χ0v) is 15.7. The van der Waals surface area contributed by atoms with Crippen LogP contribution in [0.4, 0.5) is 0 Å². The van der Waals surface area contributed by atoms with E-state index in [0.29, 0.717) is 17.4 Å². The van der Waals surface area contributed by atoms with E-state index < -0.39 is 0 Å². The molecule has 1 radical (unpaired) electrons. The minimum absolute atomic E-state index is 0.299. The molecule has 0 spiro atoms. The normalized spacial score (nSPS) is 17.2. The molecule has 0 saturated heterocycles. The summed E-state index contributed by atoms with van der Waals surface area (Å²) in [6.45, 7) is 2.99. The highest BCUT2D eigenvalue weighted by molar-refractivity contribution is 5.95. The molecule has 2 heterocycles. The van der Waals surface area contributed by atoms with E-state index in [9.17, 15) is 4.79 Å². The Morgan fingerprint density at radius 2 is 2.30 bits per heavy atom. The summed E-state index contributed by atoms with van der Waals surface area (Å²) in [5.41, 5.74) is 4.20. The number of H-pyrrole nitrogens is 1. The molecular weight excluding hydrogens is 338 g/mol. The van der Waals surface area contributed by atoms with E-state index in [1.54, 1.807) is 6.07 Å². The standard InChI is InChI=1S/C23H24NO3/c1-3-15(12-16-10-11-27-22-7-5-4-6-18(16)22)20-14-24-21-9-8-17(13-19(20)21)23(25)26-2/h4,6-9,13-16,24H,3,10-12H2,1-2H3. The second-order valence-corrected chi connectivity index (χ2v) is 7.13. The Morgan fingerprint density at radius 3 is 3.11 bits per heavy atom. The van der Waals surface area contributed by atoms with Crippen LogP contribution in [0.2, 0.25) is 0 Å². The van der Waals surface area contributed by atoms with Crippen molar-refractivity contribution in [3.63, 3.8) is 0 Å². The fourth-order valence-electron chi connectivity index (χ4n) is 4.18. The number of benzene rings is 2. The first-order valence-electron chi connectivity index (χ1n) is 9.53. The summed E-state index contributed by atoms with van der Waals surface area (Å²) in [6.07, 6.45) is 5.23. The highest BCUT2D eigenvalue weighted by Crippen LogP contribution is 2.41. The SMILES string of the molecule is CCC(CC1CCOc2c[c]ccc21)c1c[nH]c2ccc(C(=O)OC)cc12. The van der Waals surface area contributed by atoms with Crippen molar-refractivity contribution in [3.8, 4) is 5.75 Å². The van der Waals surface area contributed by atoms with Crippen molar-refractivity contribution in [2.75, 3.05) is 13.7 Å². The molecular formula is C23H24NO3. The molecule has 2 atom stereocenters. The Kier molecular flexibility index (Phi) is 4.88. The number of hydrogen-bond donors (Lipinski definition) is 1. The van der Waals surface area contributed by atoms with Crippen LogP contribution in [0, 0.1) is 6.07 Å². The van der Waals surface area contributed by atoms with Crippen molar-refractivity contribution in [3.05, 3.63) is 65.4 Å². The topological polar surface area (TPSA) is 51.3 Å². The Balaban J connectivity index is 1.66. The first kappa shape index (κ1) is 17.7. The van der Waals surface area contributed by atoms with Crippen LogP contribution in [0.15, 0.2) is 42.6 Å². The predicted octanol–water partition coefficient (Wildman–Crippen LogP) is 5.20. The second kappa shape index (κ2) is 7.47. The molecule has 2 unspecified atom stereocenters. The van der Waals surface area contributed by atoms with Crippen molar-refractivity contribution in [2.24, 2.45) is 0 Å². The van der Waals surface area contributed by atoms with Crippen LogP contribution in [0.5, 0.6) is 5.75 Å². The molecule has 4 rings (SSSR count). The number of hydrogen-bond acceptors (Lipinski definition) is 3. The Labute approximate surface area is 159 Å². The van der Waals surface area contributed by atoms with E-state index in [4.69, 9.17) is 9.47 Å². The average Bonchev–Trinajstić information content (AvgIpc) is 3.14. The van der Waals surface area contributed by atoms with Crippen molar-refractivity contribution in [2.45, 2.75) is 38.0 Å². The molecule has 139 valence electrons. The van der Waals surface area contributed by atoms with Crippen LogP contribution in [-0.4, -0.2) is 24.7 Å². The molecule has 4 heteroatoms. The maximum atomic E-state index is 11.9. The number of fused-ring (bicyclic) bond motifs is 2. The van der Waals surface area contributed by atoms with Gasteiger partial charge in [0.05, 0.1) is 19.3 Å². The predicted molar refractivity (Wildman–Crippen MR) is 105 cm³/mol. The number of ether oxygens (including phenoxy) is 2. The zero-order valence-electron chi connectivity index (χ0n) is 15.7. The lowest BCUT2D eigenvalue weighted by Crippen LogP contribution is -2.16. The van der Waals surface area contributed by atoms with Gasteiger partial charge in [-0.05, 0) is 72.6 Å². The van der Waals surface area contributed by atoms with Crippen LogP contribution >= 0.6 is 0 Å². The number of carbonyl (C=O) groups excluding carboxylic acids is 1. The van der Waals surface area contributed by atoms with Crippen LogP contribution in [0.25, 0.3) is 10.9 Å². The molecule has 1 aliphatic rings. The fourth-order valence-corrected chi connectivity index (χ4v) is 4.18. The number of aromatic nitrogens is 1. The number of aromatic amines is 1. The van der Waals surface area contributed by atoms with Gasteiger partial charge in [0.2, 0.25) is 0 Å². The number of esters is 1. The van der Waals surface area contributed by atoms with Crippen LogP contribution in [0.1, 0.15) is 59.5 Å². The van der Waals surface area contributed by atoms with Gasteiger partial charge in [0.25, 0.3) is 0 Å². The van der Waals surface area contributed by atoms with E-state index >= 15 is 0 Å². The van der Waals surface area contributed by atoms with E-state index in [1.165, 1.54) is 18.2 Å². The number of methoxy groups -OCH3 is 1. The van der Waals surface area contributed by atoms with Gasteiger partial charge >= 0.3 is 5.97 Å². The van der Waals surface area contributed by atoms with E-state index in [2.05, 4.69) is 30.2 Å². The highest BCUT2D eigenvalue weighted by atomic mass is 16.5. The maximum Gasteiger partial charge on any atom is 0.337 e. The van der Waals surface area contributed by atoms with E-state index in [-0.39, 0.29) is 5.97 Å². The van der Waals surface area contributed by atoms with Crippen molar-refractivity contribution >= 4 is 16.9 Å². The largest absolute Gasteiger partial charge is 0.493 e. The summed E-state index contributed by atoms with van der Waals surface area (Å²) >= 11 is 0. The van der Waals surface area contributed by atoms with Crippen molar-refractivity contribution in [1.29, 1.82) is 0 Å². The molecule has 0 aliphatic carbocycles. The van der Waals surface area contributed by atoms with Crippen molar-refractivity contribution in [1.82, 2.24) is 4.98 Å². The molecule has 3 aromatic rings.